The highest BCUT2D eigenvalue weighted by Crippen LogP contribution is 2.35. The molecule has 0 aromatic heterocycles. The monoisotopic (exact) mass is 361 g/mol. The van der Waals surface area contributed by atoms with Crippen LogP contribution >= 0.6 is 23.2 Å². The van der Waals surface area contributed by atoms with Crippen LogP contribution in [0.15, 0.2) is 59.6 Å². The van der Waals surface area contributed by atoms with E-state index in [1.807, 2.05) is 49.4 Å². The van der Waals surface area contributed by atoms with E-state index in [1.54, 1.807) is 18.2 Å². The first-order chi connectivity index (χ1) is 11.6. The normalized spacial score (nSPS) is 22.7. The molecule has 2 aromatic rings. The van der Waals surface area contributed by atoms with E-state index in [9.17, 15) is 0 Å². The first-order valence-electron chi connectivity index (χ1n) is 7.63. The van der Waals surface area contributed by atoms with Crippen LogP contribution in [0.4, 0.5) is 5.69 Å². The van der Waals surface area contributed by atoms with Gasteiger partial charge in [0.2, 0.25) is 5.90 Å². The molecule has 24 heavy (non-hydrogen) atoms. The molecule has 0 saturated carbocycles. The van der Waals surface area contributed by atoms with Crippen molar-refractivity contribution in [1.82, 2.24) is 0 Å². The summed E-state index contributed by atoms with van der Waals surface area (Å²) >= 11 is 12.4. The minimum Gasteiger partial charge on any atom is -0.476 e. The molecule has 1 unspecified atom stereocenters. The Morgan fingerprint density at radius 1 is 1.00 bits per heavy atom. The van der Waals surface area contributed by atoms with Gasteiger partial charge in [-0.1, -0.05) is 65.7 Å². The molecule has 3 rings (SSSR count). The van der Waals surface area contributed by atoms with Gasteiger partial charge in [0.15, 0.2) is 5.60 Å². The summed E-state index contributed by atoms with van der Waals surface area (Å²) in [5, 5.41) is 0.942. The van der Waals surface area contributed by atoms with E-state index in [0.29, 0.717) is 34.8 Å². The fourth-order valence-corrected chi connectivity index (χ4v) is 2.86. The van der Waals surface area contributed by atoms with Crippen molar-refractivity contribution < 1.29 is 9.47 Å². The Kier molecular flexibility index (Phi) is 5.24. The molecule has 1 aliphatic rings. The molecule has 124 valence electrons. The Morgan fingerprint density at radius 2 is 1.71 bits per heavy atom. The molecule has 0 radical (unpaired) electrons. The molecular weight excluding hydrogens is 345 g/mol. The predicted octanol–water partition coefficient (Wildman–Crippen LogP) is 5.54. The van der Waals surface area contributed by atoms with Gasteiger partial charge < -0.3 is 9.47 Å². The minimum atomic E-state index is -0.781. The quantitative estimate of drug-likeness (QED) is 0.718. The molecule has 0 aliphatic carbocycles. The average Bonchev–Trinajstić information content (AvgIpc) is 2.59. The van der Waals surface area contributed by atoms with Crippen LogP contribution in [-0.2, 0) is 9.47 Å². The second-order valence-electron chi connectivity index (χ2n) is 5.54. The summed E-state index contributed by atoms with van der Waals surface area (Å²) in [5.74, 6) is 0.441. The van der Waals surface area contributed by atoms with Gasteiger partial charge in [-0.25, -0.2) is 4.99 Å². The first-order valence-corrected chi connectivity index (χ1v) is 8.38. The summed E-state index contributed by atoms with van der Waals surface area (Å²) in [4.78, 5) is 4.54. The van der Waals surface area contributed by atoms with Crippen LogP contribution < -0.4 is 0 Å². The third-order valence-electron chi connectivity index (χ3n) is 3.69. The maximum atomic E-state index is 6.21. The second-order valence-corrected chi connectivity index (χ2v) is 6.35. The Labute approximate surface area is 151 Å². The van der Waals surface area contributed by atoms with Crippen molar-refractivity contribution in [3.63, 3.8) is 0 Å². The predicted molar refractivity (Wildman–Crippen MR) is 99.3 cm³/mol. The van der Waals surface area contributed by atoms with Crippen LogP contribution in [0.5, 0.6) is 0 Å². The van der Waals surface area contributed by atoms with Crippen LogP contribution in [-0.4, -0.2) is 24.7 Å². The number of hydrogen-bond donors (Lipinski definition) is 0. The number of rotatable bonds is 3. The summed E-state index contributed by atoms with van der Waals surface area (Å²) in [6, 6.07) is 15.3. The fourth-order valence-electron chi connectivity index (χ4n) is 2.38. The Hall–Kier alpha value is -1.81. The van der Waals surface area contributed by atoms with Crippen LogP contribution in [0.3, 0.4) is 0 Å². The summed E-state index contributed by atoms with van der Waals surface area (Å²) in [7, 11) is 0. The maximum Gasteiger partial charge on any atom is 0.225 e. The number of halogens is 2. The fraction of sp³-hybridized carbons (Fsp3) is 0.211. The molecular formula is C19H17Cl2NO2. The zero-order valence-electron chi connectivity index (χ0n) is 13.2. The summed E-state index contributed by atoms with van der Waals surface area (Å²) in [6.07, 6.45) is 3.92. The lowest BCUT2D eigenvalue weighted by atomic mass is 10.0. The van der Waals surface area contributed by atoms with E-state index >= 15 is 0 Å². The number of hydrogen-bond acceptors (Lipinski definition) is 3. The van der Waals surface area contributed by atoms with Gasteiger partial charge in [0, 0.05) is 0 Å². The second kappa shape index (κ2) is 7.39. The zero-order chi connectivity index (χ0) is 17.0. The summed E-state index contributed by atoms with van der Waals surface area (Å²) < 4.78 is 11.7. The average molecular weight is 362 g/mol. The number of nitrogens with zero attached hydrogens (tertiary/aromatic N) is 1. The molecule has 0 spiro atoms. The molecule has 2 aromatic carbocycles. The number of benzene rings is 2. The van der Waals surface area contributed by atoms with Gasteiger partial charge in [0.25, 0.3) is 0 Å². The van der Waals surface area contributed by atoms with Gasteiger partial charge in [0.05, 0.1) is 16.7 Å². The van der Waals surface area contributed by atoms with Crippen LogP contribution in [0.25, 0.3) is 6.08 Å². The molecule has 0 bridgehead atoms. The van der Waals surface area contributed by atoms with Gasteiger partial charge in [-0.2, -0.15) is 0 Å². The highest BCUT2D eigenvalue weighted by molar-refractivity contribution is 6.38. The SMILES string of the molecule is CC1(/C=C/c2ccccc2)OCCOC1=Nc1c(Cl)cccc1Cl. The van der Waals surface area contributed by atoms with Crippen molar-refractivity contribution in [3.05, 3.63) is 70.2 Å². The number of para-hydroxylation sites is 1. The first kappa shape index (κ1) is 17.0. The van der Waals surface area contributed by atoms with Gasteiger partial charge in [-0.15, -0.1) is 0 Å². The highest BCUT2D eigenvalue weighted by Gasteiger charge is 2.34. The topological polar surface area (TPSA) is 30.8 Å². The summed E-state index contributed by atoms with van der Waals surface area (Å²) in [6.45, 7) is 2.84. The van der Waals surface area contributed by atoms with Crippen molar-refractivity contribution in [2.24, 2.45) is 4.99 Å². The Balaban J connectivity index is 1.96. The summed E-state index contributed by atoms with van der Waals surface area (Å²) in [5.41, 5.74) is 0.778. The van der Waals surface area contributed by atoms with E-state index in [-0.39, 0.29) is 0 Å². The van der Waals surface area contributed by atoms with Crippen molar-refractivity contribution in [2.45, 2.75) is 12.5 Å². The molecule has 3 nitrogen and oxygen atoms in total. The van der Waals surface area contributed by atoms with E-state index in [4.69, 9.17) is 32.7 Å². The molecule has 1 saturated heterocycles. The van der Waals surface area contributed by atoms with Crippen LogP contribution in [0.1, 0.15) is 12.5 Å². The van der Waals surface area contributed by atoms with Crippen molar-refractivity contribution in [2.75, 3.05) is 13.2 Å². The molecule has 5 heteroatoms. The van der Waals surface area contributed by atoms with E-state index in [0.717, 1.165) is 5.56 Å². The molecule has 1 atom stereocenters. The molecule has 1 aliphatic heterocycles. The number of aliphatic imine (C=N–C) groups is 1. The van der Waals surface area contributed by atoms with Gasteiger partial charge >= 0.3 is 0 Å². The molecule has 0 N–H and O–H groups in total. The number of ether oxygens (including phenoxy) is 2. The minimum absolute atomic E-state index is 0.440. The lowest BCUT2D eigenvalue weighted by molar-refractivity contribution is -0.0186. The Morgan fingerprint density at radius 3 is 2.42 bits per heavy atom. The smallest absolute Gasteiger partial charge is 0.225 e. The van der Waals surface area contributed by atoms with E-state index in [1.165, 1.54) is 0 Å². The van der Waals surface area contributed by atoms with Gasteiger partial charge in [-0.05, 0) is 30.7 Å². The third-order valence-corrected chi connectivity index (χ3v) is 4.30. The van der Waals surface area contributed by atoms with Gasteiger partial charge in [0.1, 0.15) is 12.3 Å². The lowest BCUT2D eigenvalue weighted by Gasteiger charge is -2.32. The van der Waals surface area contributed by atoms with Crippen molar-refractivity contribution >= 4 is 40.9 Å². The largest absolute Gasteiger partial charge is 0.476 e. The van der Waals surface area contributed by atoms with E-state index < -0.39 is 5.60 Å². The highest BCUT2D eigenvalue weighted by atomic mass is 35.5. The molecule has 1 heterocycles. The lowest BCUT2D eigenvalue weighted by Crippen LogP contribution is -2.43. The van der Waals surface area contributed by atoms with Crippen LogP contribution in [0.2, 0.25) is 10.0 Å². The van der Waals surface area contributed by atoms with Crippen LogP contribution in [0, 0.1) is 0 Å². The zero-order valence-corrected chi connectivity index (χ0v) is 14.7. The van der Waals surface area contributed by atoms with Crippen molar-refractivity contribution in [3.8, 4) is 0 Å². The van der Waals surface area contributed by atoms with Crippen molar-refractivity contribution in [1.29, 1.82) is 0 Å². The third kappa shape index (κ3) is 3.81. The van der Waals surface area contributed by atoms with Gasteiger partial charge in [-0.3, -0.25) is 0 Å². The Bertz CT molecular complexity index is 754. The standard InChI is InChI=1S/C19H17Cl2NO2/c1-19(11-10-14-6-3-2-4-7-14)18(23-12-13-24-19)22-17-15(20)8-5-9-16(17)21/h2-11H,12-13H2,1H3/b11-10+,22-18?. The molecule has 1 fully saturated rings. The van der Waals surface area contributed by atoms with E-state index in [2.05, 4.69) is 4.99 Å². The maximum absolute atomic E-state index is 6.21. The molecule has 0 amide bonds.